The third-order valence-electron chi connectivity index (χ3n) is 4.58. The molecular weight excluding hydrogens is 335 g/mol. The highest BCUT2D eigenvalue weighted by molar-refractivity contribution is 6.42. The Bertz CT molecular complexity index is 554. The molecule has 0 saturated carbocycles. The molecule has 2 fully saturated rings. The summed E-state index contributed by atoms with van der Waals surface area (Å²) in [6.07, 6.45) is 4.04. The van der Waals surface area contributed by atoms with Gasteiger partial charge in [0.1, 0.15) is 0 Å². The topological polar surface area (TPSA) is 41.6 Å². The predicted octanol–water partition coefficient (Wildman–Crippen LogP) is 3.25. The van der Waals surface area contributed by atoms with Crippen molar-refractivity contribution < 1.29 is 9.53 Å². The van der Waals surface area contributed by atoms with Gasteiger partial charge in [-0.3, -0.25) is 4.79 Å². The van der Waals surface area contributed by atoms with E-state index in [1.54, 1.807) is 6.07 Å². The fraction of sp³-hybridized carbons (Fsp3) is 0.588. The molecule has 2 heterocycles. The average Bonchev–Trinajstić information content (AvgIpc) is 3.10. The first-order valence-electron chi connectivity index (χ1n) is 8.21. The van der Waals surface area contributed by atoms with Crippen molar-refractivity contribution in [2.45, 2.75) is 44.4 Å². The summed E-state index contributed by atoms with van der Waals surface area (Å²) in [5, 5.41) is 4.39. The minimum absolute atomic E-state index is 0.0312. The van der Waals surface area contributed by atoms with Crippen molar-refractivity contribution in [3.8, 4) is 0 Å². The zero-order chi connectivity index (χ0) is 16.2. The van der Waals surface area contributed by atoms with Crippen molar-refractivity contribution in [1.29, 1.82) is 0 Å². The molecular formula is C17H22Cl2N2O2. The number of carbonyl (C=O) groups excluding carboxylic acids is 1. The Kier molecular flexibility index (Phi) is 5.81. The van der Waals surface area contributed by atoms with Crippen molar-refractivity contribution in [2.75, 3.05) is 19.6 Å². The molecule has 1 aromatic rings. The van der Waals surface area contributed by atoms with Crippen LogP contribution >= 0.6 is 23.2 Å². The molecule has 23 heavy (non-hydrogen) atoms. The van der Waals surface area contributed by atoms with Gasteiger partial charge in [-0.05, 0) is 49.9 Å². The van der Waals surface area contributed by atoms with Crippen LogP contribution in [0.2, 0.25) is 10.0 Å². The number of likely N-dealkylation sites (tertiary alicyclic amines) is 1. The van der Waals surface area contributed by atoms with E-state index < -0.39 is 0 Å². The summed E-state index contributed by atoms with van der Waals surface area (Å²) in [7, 11) is 0. The van der Waals surface area contributed by atoms with E-state index >= 15 is 0 Å². The molecule has 2 aliphatic heterocycles. The average molecular weight is 357 g/mol. The minimum atomic E-state index is 0.0312. The van der Waals surface area contributed by atoms with Crippen molar-refractivity contribution in [3.63, 3.8) is 0 Å². The lowest BCUT2D eigenvalue weighted by molar-refractivity contribution is -0.135. The zero-order valence-corrected chi connectivity index (χ0v) is 14.6. The van der Waals surface area contributed by atoms with Gasteiger partial charge in [-0.2, -0.15) is 0 Å². The van der Waals surface area contributed by atoms with E-state index in [1.807, 2.05) is 17.0 Å². The highest BCUT2D eigenvalue weighted by Crippen LogP contribution is 2.24. The minimum Gasteiger partial charge on any atom is -0.373 e. The van der Waals surface area contributed by atoms with E-state index in [4.69, 9.17) is 27.9 Å². The van der Waals surface area contributed by atoms with Crippen LogP contribution in [0.5, 0.6) is 0 Å². The summed E-state index contributed by atoms with van der Waals surface area (Å²) >= 11 is 11.9. The van der Waals surface area contributed by atoms with Gasteiger partial charge in [-0.25, -0.2) is 0 Å². The molecule has 1 atom stereocenters. The largest absolute Gasteiger partial charge is 0.373 e. The Morgan fingerprint density at radius 2 is 2.00 bits per heavy atom. The van der Waals surface area contributed by atoms with E-state index in [9.17, 15) is 4.79 Å². The first-order chi connectivity index (χ1) is 11.1. The maximum absolute atomic E-state index is 12.4. The quantitative estimate of drug-likeness (QED) is 0.900. The molecule has 6 heteroatoms. The van der Waals surface area contributed by atoms with Crippen LogP contribution in [0.4, 0.5) is 0 Å². The first-order valence-corrected chi connectivity index (χ1v) is 8.97. The van der Waals surface area contributed by atoms with Crippen LogP contribution in [0.1, 0.15) is 31.2 Å². The Labute approximate surface area is 147 Å². The van der Waals surface area contributed by atoms with E-state index in [1.165, 1.54) is 0 Å². The lowest BCUT2D eigenvalue weighted by Crippen LogP contribution is -2.48. The summed E-state index contributed by atoms with van der Waals surface area (Å²) in [6, 6.07) is 5.59. The van der Waals surface area contributed by atoms with Crippen LogP contribution in [0, 0.1) is 0 Å². The Balaban J connectivity index is 1.43. The number of amides is 1. The summed E-state index contributed by atoms with van der Waals surface area (Å²) in [6.45, 7) is 3.05. The van der Waals surface area contributed by atoms with Crippen LogP contribution in [0.15, 0.2) is 18.2 Å². The number of carbonyl (C=O) groups is 1. The molecule has 126 valence electrons. The molecule has 1 N–H and O–H groups in total. The number of halogens is 2. The van der Waals surface area contributed by atoms with Gasteiger partial charge in [0, 0.05) is 13.1 Å². The molecule has 0 radical (unpaired) electrons. The van der Waals surface area contributed by atoms with Crippen LogP contribution in [-0.2, 0) is 16.1 Å². The summed E-state index contributed by atoms with van der Waals surface area (Å²) < 4.78 is 5.96. The lowest BCUT2D eigenvalue weighted by Gasteiger charge is -2.33. The predicted molar refractivity (Wildman–Crippen MR) is 91.9 cm³/mol. The van der Waals surface area contributed by atoms with Gasteiger partial charge < -0.3 is 15.0 Å². The second-order valence-corrected chi connectivity index (χ2v) is 7.05. The standard InChI is InChI=1S/C17H22Cl2N2O2/c18-14-4-3-12(10-15(14)19)11-23-13-5-8-21(9-6-13)17(22)16-2-1-7-20-16/h3-4,10,13,16,20H,1-2,5-9,11H2. The van der Waals surface area contributed by atoms with Crippen LogP contribution in [-0.4, -0.2) is 42.6 Å². The summed E-state index contributed by atoms with van der Waals surface area (Å²) in [5.74, 6) is 0.255. The first kappa shape index (κ1) is 17.0. The van der Waals surface area contributed by atoms with Gasteiger partial charge in [0.05, 0.1) is 28.8 Å². The molecule has 3 rings (SSSR count). The lowest BCUT2D eigenvalue weighted by atomic mass is 10.1. The van der Waals surface area contributed by atoms with Crippen LogP contribution in [0.3, 0.4) is 0 Å². The van der Waals surface area contributed by atoms with E-state index in [2.05, 4.69) is 5.32 Å². The molecule has 0 aromatic heterocycles. The maximum atomic E-state index is 12.4. The van der Waals surface area contributed by atoms with Gasteiger partial charge in [-0.15, -0.1) is 0 Å². The number of benzene rings is 1. The van der Waals surface area contributed by atoms with Gasteiger partial charge in [0.2, 0.25) is 5.91 Å². The third-order valence-corrected chi connectivity index (χ3v) is 5.32. The van der Waals surface area contributed by atoms with Gasteiger partial charge in [0.15, 0.2) is 0 Å². The fourth-order valence-corrected chi connectivity index (χ4v) is 3.52. The number of rotatable bonds is 4. The van der Waals surface area contributed by atoms with Gasteiger partial charge in [-0.1, -0.05) is 29.3 Å². The summed E-state index contributed by atoms with van der Waals surface area (Å²) in [4.78, 5) is 14.3. The van der Waals surface area contributed by atoms with Crippen molar-refractivity contribution in [1.82, 2.24) is 10.2 Å². The molecule has 4 nitrogen and oxygen atoms in total. The van der Waals surface area contributed by atoms with Crippen molar-refractivity contribution in [3.05, 3.63) is 33.8 Å². The molecule has 0 aliphatic carbocycles. The molecule has 1 aromatic carbocycles. The second-order valence-electron chi connectivity index (χ2n) is 6.23. The summed E-state index contributed by atoms with van der Waals surface area (Å²) in [5.41, 5.74) is 1.02. The molecule has 0 spiro atoms. The Morgan fingerprint density at radius 3 is 2.65 bits per heavy atom. The van der Waals surface area contributed by atoms with Crippen molar-refractivity contribution in [2.24, 2.45) is 0 Å². The number of nitrogens with zero attached hydrogens (tertiary/aromatic N) is 1. The number of piperidine rings is 1. The normalized spacial score (nSPS) is 22.5. The number of hydrogen-bond donors (Lipinski definition) is 1. The Hall–Kier alpha value is -0.810. The number of hydrogen-bond acceptors (Lipinski definition) is 3. The molecule has 1 amide bonds. The smallest absolute Gasteiger partial charge is 0.239 e. The Morgan fingerprint density at radius 1 is 1.22 bits per heavy atom. The highest BCUT2D eigenvalue weighted by atomic mass is 35.5. The van der Waals surface area contributed by atoms with Crippen LogP contribution < -0.4 is 5.32 Å². The molecule has 1 unspecified atom stereocenters. The third kappa shape index (κ3) is 4.38. The van der Waals surface area contributed by atoms with E-state index in [-0.39, 0.29) is 18.1 Å². The SMILES string of the molecule is O=C(C1CCCN1)N1CCC(OCc2ccc(Cl)c(Cl)c2)CC1. The number of ether oxygens (including phenoxy) is 1. The van der Waals surface area contributed by atoms with Gasteiger partial charge >= 0.3 is 0 Å². The molecule has 0 bridgehead atoms. The fourth-order valence-electron chi connectivity index (χ4n) is 3.20. The van der Waals surface area contributed by atoms with E-state index in [0.29, 0.717) is 16.7 Å². The molecule has 2 aliphatic rings. The second kappa shape index (κ2) is 7.84. The monoisotopic (exact) mass is 356 g/mol. The van der Waals surface area contributed by atoms with Crippen LogP contribution in [0.25, 0.3) is 0 Å². The van der Waals surface area contributed by atoms with Crippen molar-refractivity contribution >= 4 is 29.1 Å². The zero-order valence-electron chi connectivity index (χ0n) is 13.1. The number of nitrogens with one attached hydrogen (secondary N) is 1. The highest BCUT2D eigenvalue weighted by Gasteiger charge is 2.29. The van der Waals surface area contributed by atoms with E-state index in [0.717, 1.165) is 50.9 Å². The van der Waals surface area contributed by atoms with Gasteiger partial charge in [0.25, 0.3) is 0 Å². The maximum Gasteiger partial charge on any atom is 0.239 e. The molecule has 2 saturated heterocycles.